The molecule has 0 aromatic heterocycles. The number of hydrogen-bond acceptors (Lipinski definition) is 2. The first-order chi connectivity index (χ1) is 4.40. The molecule has 2 rings (SSSR count). The average molecular weight is 127 g/mol. The summed E-state index contributed by atoms with van der Waals surface area (Å²) in [6.45, 7) is 0. The molecule has 9 heavy (non-hydrogen) atoms. The molecule has 1 N–H and O–H groups in total. The fourth-order valence-electron chi connectivity index (χ4n) is 1.67. The number of epoxide rings is 1. The maximum Gasteiger partial charge on any atom is 0.0856 e. The van der Waals surface area contributed by atoms with Crippen LogP contribution in [0.5, 0.6) is 0 Å². The lowest BCUT2D eigenvalue weighted by Gasteiger charge is -2.16. The van der Waals surface area contributed by atoms with Crippen molar-refractivity contribution in [2.75, 3.05) is 7.05 Å². The predicted molar refractivity (Wildman–Crippen MR) is 35.4 cm³/mol. The zero-order valence-electron chi connectivity index (χ0n) is 5.76. The summed E-state index contributed by atoms with van der Waals surface area (Å²) >= 11 is 0. The van der Waals surface area contributed by atoms with E-state index in [0.29, 0.717) is 12.2 Å². The van der Waals surface area contributed by atoms with Crippen LogP contribution < -0.4 is 5.32 Å². The first kappa shape index (κ1) is 5.69. The highest BCUT2D eigenvalue weighted by Crippen LogP contribution is 2.36. The molecule has 0 radical (unpaired) electrons. The molecule has 52 valence electrons. The van der Waals surface area contributed by atoms with E-state index in [9.17, 15) is 0 Å². The summed E-state index contributed by atoms with van der Waals surface area (Å²) in [5.74, 6) is 0. The summed E-state index contributed by atoms with van der Waals surface area (Å²) in [7, 11) is 2.04. The minimum absolute atomic E-state index is 0.621. The minimum atomic E-state index is 0.621. The lowest BCUT2D eigenvalue weighted by atomic mass is 9.96. The monoisotopic (exact) mass is 127 g/mol. The smallest absolute Gasteiger partial charge is 0.0856 e. The van der Waals surface area contributed by atoms with Gasteiger partial charge in [-0.25, -0.2) is 0 Å². The first-order valence-corrected chi connectivity index (χ1v) is 3.73. The molecule has 1 saturated heterocycles. The molecular weight excluding hydrogens is 114 g/mol. The average Bonchev–Trinajstić information content (AvgIpc) is 2.64. The zero-order chi connectivity index (χ0) is 6.27. The molecule has 0 aromatic carbocycles. The van der Waals surface area contributed by atoms with Gasteiger partial charge in [-0.3, -0.25) is 0 Å². The zero-order valence-corrected chi connectivity index (χ0v) is 5.76. The molecule has 0 spiro atoms. The standard InChI is InChI=1S/C7H13NO/c1-8-5-2-3-6-7(4-5)9-6/h5-8H,2-4H2,1H3. The fraction of sp³-hybridized carbons (Fsp3) is 1.00. The highest BCUT2D eigenvalue weighted by Gasteiger charge is 2.43. The van der Waals surface area contributed by atoms with Gasteiger partial charge in [-0.05, 0) is 26.3 Å². The Balaban J connectivity index is 1.86. The Labute approximate surface area is 55.6 Å². The minimum Gasteiger partial charge on any atom is -0.370 e. The van der Waals surface area contributed by atoms with Crippen molar-refractivity contribution in [3.63, 3.8) is 0 Å². The van der Waals surface area contributed by atoms with Crippen molar-refractivity contribution < 1.29 is 4.74 Å². The summed E-state index contributed by atoms with van der Waals surface area (Å²) in [5, 5.41) is 3.28. The van der Waals surface area contributed by atoms with Crippen LogP contribution in [0.3, 0.4) is 0 Å². The number of ether oxygens (including phenoxy) is 1. The van der Waals surface area contributed by atoms with E-state index in [-0.39, 0.29) is 0 Å². The van der Waals surface area contributed by atoms with E-state index in [1.165, 1.54) is 19.3 Å². The highest BCUT2D eigenvalue weighted by molar-refractivity contribution is 4.93. The molecule has 0 bridgehead atoms. The molecule has 1 aliphatic heterocycles. The molecule has 0 aromatic rings. The van der Waals surface area contributed by atoms with E-state index >= 15 is 0 Å². The van der Waals surface area contributed by atoms with Crippen LogP contribution in [0.4, 0.5) is 0 Å². The molecule has 1 heterocycles. The van der Waals surface area contributed by atoms with Gasteiger partial charge in [0, 0.05) is 6.04 Å². The van der Waals surface area contributed by atoms with Crippen LogP contribution in [0.25, 0.3) is 0 Å². The van der Waals surface area contributed by atoms with Crippen molar-refractivity contribution >= 4 is 0 Å². The quantitative estimate of drug-likeness (QED) is 0.519. The van der Waals surface area contributed by atoms with Gasteiger partial charge in [0.15, 0.2) is 0 Å². The van der Waals surface area contributed by atoms with Crippen LogP contribution in [0.2, 0.25) is 0 Å². The molecule has 3 atom stereocenters. The van der Waals surface area contributed by atoms with Crippen molar-refractivity contribution in [1.82, 2.24) is 5.32 Å². The lowest BCUT2D eigenvalue weighted by molar-refractivity contribution is 0.368. The third-order valence-corrected chi connectivity index (χ3v) is 2.41. The Bertz CT molecular complexity index is 115. The SMILES string of the molecule is CNC1CCC2OC2C1. The van der Waals surface area contributed by atoms with Gasteiger partial charge in [0.1, 0.15) is 0 Å². The number of hydrogen-bond donors (Lipinski definition) is 1. The lowest BCUT2D eigenvalue weighted by Crippen LogP contribution is -2.30. The largest absolute Gasteiger partial charge is 0.370 e. The van der Waals surface area contributed by atoms with E-state index < -0.39 is 0 Å². The first-order valence-electron chi connectivity index (χ1n) is 3.73. The van der Waals surface area contributed by atoms with Crippen molar-refractivity contribution in [3.8, 4) is 0 Å². The van der Waals surface area contributed by atoms with E-state index in [1.807, 2.05) is 7.05 Å². The Hall–Kier alpha value is -0.0800. The van der Waals surface area contributed by atoms with Gasteiger partial charge in [-0.2, -0.15) is 0 Å². The molecular formula is C7H13NO. The van der Waals surface area contributed by atoms with Crippen molar-refractivity contribution in [2.45, 2.75) is 37.5 Å². The molecule has 3 unspecified atom stereocenters. The highest BCUT2D eigenvalue weighted by atomic mass is 16.6. The van der Waals surface area contributed by atoms with Crippen LogP contribution in [0, 0.1) is 0 Å². The molecule has 1 saturated carbocycles. The van der Waals surface area contributed by atoms with Gasteiger partial charge in [-0.1, -0.05) is 0 Å². The summed E-state index contributed by atoms with van der Waals surface area (Å²) < 4.78 is 5.37. The van der Waals surface area contributed by atoms with E-state index in [2.05, 4.69) is 5.32 Å². The number of rotatable bonds is 1. The molecule has 2 aliphatic rings. The number of fused-ring (bicyclic) bond motifs is 1. The van der Waals surface area contributed by atoms with Gasteiger partial charge in [-0.15, -0.1) is 0 Å². The Morgan fingerprint density at radius 1 is 1.33 bits per heavy atom. The van der Waals surface area contributed by atoms with Crippen LogP contribution >= 0.6 is 0 Å². The van der Waals surface area contributed by atoms with E-state index in [1.54, 1.807) is 0 Å². The summed E-state index contributed by atoms with van der Waals surface area (Å²) in [4.78, 5) is 0. The second-order valence-corrected chi connectivity index (χ2v) is 3.01. The second kappa shape index (κ2) is 1.96. The molecule has 2 nitrogen and oxygen atoms in total. The van der Waals surface area contributed by atoms with Crippen molar-refractivity contribution in [3.05, 3.63) is 0 Å². The van der Waals surface area contributed by atoms with Crippen LogP contribution in [0.15, 0.2) is 0 Å². The van der Waals surface area contributed by atoms with Gasteiger partial charge in [0.2, 0.25) is 0 Å². The van der Waals surface area contributed by atoms with Crippen LogP contribution in [-0.2, 0) is 4.74 Å². The number of nitrogens with one attached hydrogen (secondary N) is 1. The third kappa shape index (κ3) is 0.970. The summed E-state index contributed by atoms with van der Waals surface area (Å²) in [6.07, 6.45) is 5.08. The van der Waals surface area contributed by atoms with Gasteiger partial charge >= 0.3 is 0 Å². The second-order valence-electron chi connectivity index (χ2n) is 3.01. The van der Waals surface area contributed by atoms with E-state index in [0.717, 1.165) is 6.04 Å². The van der Waals surface area contributed by atoms with Gasteiger partial charge in [0.05, 0.1) is 12.2 Å². The van der Waals surface area contributed by atoms with Crippen molar-refractivity contribution in [2.24, 2.45) is 0 Å². The predicted octanol–water partition coefficient (Wildman–Crippen LogP) is 0.526. The van der Waals surface area contributed by atoms with Crippen LogP contribution in [-0.4, -0.2) is 25.3 Å². The van der Waals surface area contributed by atoms with Gasteiger partial charge < -0.3 is 10.1 Å². The topological polar surface area (TPSA) is 24.6 Å². The molecule has 2 heteroatoms. The maximum atomic E-state index is 5.37. The molecule has 1 aliphatic carbocycles. The molecule has 0 amide bonds. The Morgan fingerprint density at radius 2 is 2.22 bits per heavy atom. The van der Waals surface area contributed by atoms with E-state index in [4.69, 9.17) is 4.74 Å². The summed E-state index contributed by atoms with van der Waals surface area (Å²) in [6, 6.07) is 0.730. The van der Waals surface area contributed by atoms with Gasteiger partial charge in [0.25, 0.3) is 0 Å². The normalized spacial score (nSPS) is 48.3. The summed E-state index contributed by atoms with van der Waals surface area (Å²) in [5.41, 5.74) is 0. The van der Waals surface area contributed by atoms with Crippen LogP contribution in [0.1, 0.15) is 19.3 Å². The third-order valence-electron chi connectivity index (χ3n) is 2.41. The van der Waals surface area contributed by atoms with Crippen molar-refractivity contribution in [1.29, 1.82) is 0 Å². The molecule has 2 fully saturated rings. The Morgan fingerprint density at radius 3 is 2.89 bits per heavy atom. The maximum absolute atomic E-state index is 5.37. The fourth-order valence-corrected chi connectivity index (χ4v) is 1.67. The Kier molecular flexibility index (Phi) is 1.24.